The van der Waals surface area contributed by atoms with E-state index in [2.05, 4.69) is 11.0 Å². The Morgan fingerprint density at radius 1 is 1.47 bits per heavy atom. The van der Waals surface area contributed by atoms with E-state index in [-0.39, 0.29) is 9.92 Å². The van der Waals surface area contributed by atoms with E-state index in [4.69, 9.17) is 0 Å². The Morgan fingerprint density at radius 3 is 2.68 bits per heavy atom. The molecule has 5 nitrogen and oxygen atoms in total. The standard InChI is InChI=1S/C13H17N3O2S/c1-13(10-14,15-7-3-2-4-8-15)9-11-5-6-12(19-11)16(17)18/h5-6H,2-4,7-9H2,1H3. The SMILES string of the molecule is CC(C#N)(Cc1ccc([N+](=O)[O-])s1)N1CCCCC1. The van der Waals surface area contributed by atoms with Crippen LogP contribution >= 0.6 is 11.3 Å². The molecule has 0 saturated carbocycles. The van der Waals surface area contributed by atoms with E-state index in [9.17, 15) is 15.4 Å². The summed E-state index contributed by atoms with van der Waals surface area (Å²) in [6.07, 6.45) is 4.04. The maximum Gasteiger partial charge on any atom is 0.324 e. The number of rotatable bonds is 4. The average Bonchev–Trinajstić information content (AvgIpc) is 2.88. The minimum Gasteiger partial charge on any atom is -0.285 e. The van der Waals surface area contributed by atoms with Crippen molar-refractivity contribution in [3.05, 3.63) is 27.1 Å². The van der Waals surface area contributed by atoms with Gasteiger partial charge in [-0.25, -0.2) is 0 Å². The number of hydrogen-bond acceptors (Lipinski definition) is 5. The second-order valence-electron chi connectivity index (χ2n) is 5.11. The molecular weight excluding hydrogens is 262 g/mol. The van der Waals surface area contributed by atoms with Crippen molar-refractivity contribution in [2.75, 3.05) is 13.1 Å². The number of thiophene rings is 1. The molecule has 19 heavy (non-hydrogen) atoms. The molecule has 6 heteroatoms. The summed E-state index contributed by atoms with van der Waals surface area (Å²) in [6, 6.07) is 5.69. The summed E-state index contributed by atoms with van der Waals surface area (Å²) in [5.41, 5.74) is -0.556. The van der Waals surface area contributed by atoms with Crippen LogP contribution in [0, 0.1) is 21.4 Å². The molecule has 0 bridgehead atoms. The van der Waals surface area contributed by atoms with E-state index >= 15 is 0 Å². The summed E-state index contributed by atoms with van der Waals surface area (Å²) in [5, 5.41) is 20.3. The lowest BCUT2D eigenvalue weighted by Crippen LogP contribution is -2.49. The third kappa shape index (κ3) is 3.11. The maximum absolute atomic E-state index is 10.7. The van der Waals surface area contributed by atoms with E-state index < -0.39 is 5.54 Å². The van der Waals surface area contributed by atoms with Gasteiger partial charge in [0.2, 0.25) is 0 Å². The molecule has 1 unspecified atom stereocenters. The van der Waals surface area contributed by atoms with Crippen LogP contribution in [0.25, 0.3) is 0 Å². The molecule has 1 aliphatic heterocycles. The molecule has 0 aliphatic carbocycles. The van der Waals surface area contributed by atoms with Gasteiger partial charge in [-0.3, -0.25) is 15.0 Å². The van der Waals surface area contributed by atoms with Crippen LogP contribution in [-0.2, 0) is 6.42 Å². The minimum atomic E-state index is -0.556. The average molecular weight is 279 g/mol. The zero-order valence-electron chi connectivity index (χ0n) is 11.0. The van der Waals surface area contributed by atoms with Gasteiger partial charge in [-0.05, 0) is 38.9 Å². The summed E-state index contributed by atoms with van der Waals surface area (Å²) in [6.45, 7) is 3.82. The highest BCUT2D eigenvalue weighted by Crippen LogP contribution is 2.30. The van der Waals surface area contributed by atoms with Crippen LogP contribution in [0.5, 0.6) is 0 Å². The van der Waals surface area contributed by atoms with Crippen molar-refractivity contribution in [2.24, 2.45) is 0 Å². The van der Waals surface area contributed by atoms with Gasteiger partial charge < -0.3 is 0 Å². The fraction of sp³-hybridized carbons (Fsp3) is 0.615. The highest BCUT2D eigenvalue weighted by Gasteiger charge is 2.33. The first-order valence-corrected chi connectivity index (χ1v) is 7.26. The van der Waals surface area contributed by atoms with Gasteiger partial charge in [0.15, 0.2) is 0 Å². The zero-order valence-corrected chi connectivity index (χ0v) is 11.8. The number of hydrogen-bond donors (Lipinski definition) is 0. The Morgan fingerprint density at radius 2 is 2.16 bits per heavy atom. The maximum atomic E-state index is 10.7. The lowest BCUT2D eigenvalue weighted by Gasteiger charge is -2.38. The molecule has 1 atom stereocenters. The molecule has 1 saturated heterocycles. The van der Waals surface area contributed by atoms with E-state index in [1.165, 1.54) is 23.8 Å². The Hall–Kier alpha value is -1.45. The summed E-state index contributed by atoms with van der Waals surface area (Å²) in [7, 11) is 0. The monoisotopic (exact) mass is 279 g/mol. The highest BCUT2D eigenvalue weighted by molar-refractivity contribution is 7.15. The second-order valence-corrected chi connectivity index (χ2v) is 6.25. The summed E-state index contributed by atoms with van der Waals surface area (Å²) in [5.74, 6) is 0. The van der Waals surface area contributed by atoms with Crippen LogP contribution in [0.3, 0.4) is 0 Å². The normalized spacial score (nSPS) is 19.6. The molecule has 0 N–H and O–H groups in total. The van der Waals surface area contributed by atoms with E-state index in [0.717, 1.165) is 30.8 Å². The third-order valence-electron chi connectivity index (χ3n) is 3.64. The zero-order chi connectivity index (χ0) is 13.9. The predicted molar refractivity (Wildman–Crippen MR) is 74.1 cm³/mol. The van der Waals surface area contributed by atoms with Crippen molar-refractivity contribution < 1.29 is 4.92 Å². The van der Waals surface area contributed by atoms with Gasteiger partial charge in [0, 0.05) is 17.4 Å². The van der Waals surface area contributed by atoms with E-state index in [1.807, 2.05) is 6.92 Å². The third-order valence-corrected chi connectivity index (χ3v) is 4.68. The molecule has 102 valence electrons. The summed E-state index contributed by atoms with van der Waals surface area (Å²) >= 11 is 1.17. The Kier molecular flexibility index (Phi) is 4.17. The molecular formula is C13H17N3O2S. The van der Waals surface area contributed by atoms with Crippen molar-refractivity contribution in [3.8, 4) is 6.07 Å². The first-order chi connectivity index (χ1) is 9.05. The van der Waals surface area contributed by atoms with Gasteiger partial charge >= 0.3 is 5.00 Å². The quantitative estimate of drug-likeness (QED) is 0.627. The lowest BCUT2D eigenvalue weighted by atomic mass is 9.93. The minimum absolute atomic E-state index is 0.147. The Bertz CT molecular complexity index is 502. The number of piperidine rings is 1. The fourth-order valence-electron chi connectivity index (χ4n) is 2.51. The van der Waals surface area contributed by atoms with Gasteiger partial charge in [0.1, 0.15) is 5.54 Å². The number of nitro groups is 1. The molecule has 1 aromatic heterocycles. The van der Waals surface area contributed by atoms with Crippen LogP contribution < -0.4 is 0 Å². The van der Waals surface area contributed by atoms with Gasteiger partial charge in [-0.15, -0.1) is 0 Å². The van der Waals surface area contributed by atoms with Gasteiger partial charge in [0.25, 0.3) is 0 Å². The van der Waals surface area contributed by atoms with Crippen LogP contribution in [0.2, 0.25) is 0 Å². The molecule has 0 spiro atoms. The number of nitrogens with zero attached hydrogens (tertiary/aromatic N) is 3. The Labute approximate surface area is 116 Å². The Balaban J connectivity index is 2.12. The van der Waals surface area contributed by atoms with E-state index in [0.29, 0.717) is 6.42 Å². The summed E-state index contributed by atoms with van der Waals surface area (Å²) < 4.78 is 0. The first kappa shape index (κ1) is 14.0. The second kappa shape index (κ2) is 5.68. The summed E-state index contributed by atoms with van der Waals surface area (Å²) in [4.78, 5) is 13.4. The number of nitriles is 1. The predicted octanol–water partition coefficient (Wildman–Crippen LogP) is 2.97. The van der Waals surface area contributed by atoms with Crippen molar-refractivity contribution in [2.45, 2.75) is 38.1 Å². The molecule has 1 aromatic rings. The highest BCUT2D eigenvalue weighted by atomic mass is 32.1. The topological polar surface area (TPSA) is 70.2 Å². The fourth-order valence-corrected chi connectivity index (χ4v) is 3.48. The van der Waals surface area contributed by atoms with Gasteiger partial charge in [-0.2, -0.15) is 5.26 Å². The first-order valence-electron chi connectivity index (χ1n) is 6.44. The van der Waals surface area contributed by atoms with Crippen molar-refractivity contribution >= 4 is 16.3 Å². The molecule has 1 aliphatic rings. The van der Waals surface area contributed by atoms with Crippen molar-refractivity contribution in [1.82, 2.24) is 4.90 Å². The van der Waals surface area contributed by atoms with Crippen molar-refractivity contribution in [1.29, 1.82) is 5.26 Å². The van der Waals surface area contributed by atoms with E-state index in [1.54, 1.807) is 6.07 Å². The van der Waals surface area contributed by atoms with Crippen LogP contribution in [0.1, 0.15) is 31.1 Å². The number of likely N-dealkylation sites (tertiary alicyclic amines) is 1. The molecule has 2 rings (SSSR count). The largest absolute Gasteiger partial charge is 0.324 e. The van der Waals surface area contributed by atoms with Gasteiger partial charge in [0.05, 0.1) is 11.0 Å². The molecule has 2 heterocycles. The molecule has 1 fully saturated rings. The molecule has 0 radical (unpaired) electrons. The molecule has 0 aromatic carbocycles. The van der Waals surface area contributed by atoms with Gasteiger partial charge in [-0.1, -0.05) is 17.8 Å². The van der Waals surface area contributed by atoms with Crippen molar-refractivity contribution in [3.63, 3.8) is 0 Å². The van der Waals surface area contributed by atoms with Crippen LogP contribution in [0.15, 0.2) is 12.1 Å². The lowest BCUT2D eigenvalue weighted by molar-refractivity contribution is -0.380. The van der Waals surface area contributed by atoms with Crippen LogP contribution in [-0.4, -0.2) is 28.5 Å². The molecule has 0 amide bonds. The smallest absolute Gasteiger partial charge is 0.285 e. The van der Waals surface area contributed by atoms with Crippen LogP contribution in [0.4, 0.5) is 5.00 Å².